The fourth-order valence-corrected chi connectivity index (χ4v) is 7.52. The minimum absolute atomic E-state index is 0.0142. The van der Waals surface area contributed by atoms with E-state index in [1.54, 1.807) is 30.3 Å². The van der Waals surface area contributed by atoms with Crippen LogP contribution in [0.15, 0.2) is 61.2 Å². The molecule has 4 heterocycles. The first-order chi connectivity index (χ1) is 27.4. The molecular formula is C36H38ClN6O13P. The average molecular weight is 829 g/mol. The summed E-state index contributed by atoms with van der Waals surface area (Å²) in [5, 5.41) is 24.6. The molecule has 21 heteroatoms. The summed E-state index contributed by atoms with van der Waals surface area (Å²) in [4.78, 5) is 50.5. The third-order valence-electron chi connectivity index (χ3n) is 8.68. The number of halogens is 1. The Hall–Kier alpha value is -5.03. The van der Waals surface area contributed by atoms with Gasteiger partial charge in [-0.1, -0.05) is 23.7 Å². The molecule has 1 amide bonds. The lowest BCUT2D eigenvalue weighted by molar-refractivity contribution is -0.267. The van der Waals surface area contributed by atoms with Crippen LogP contribution in [0.25, 0.3) is 11.2 Å². The highest BCUT2D eigenvalue weighted by molar-refractivity contribution is 7.49. The molecule has 57 heavy (non-hydrogen) atoms. The zero-order valence-corrected chi connectivity index (χ0v) is 32.3. The van der Waals surface area contributed by atoms with Crippen LogP contribution in [0.3, 0.4) is 0 Å². The zero-order valence-electron chi connectivity index (χ0n) is 30.6. The largest absolute Gasteiger partial charge is 0.532 e. The number of rotatable bonds is 18. The molecule has 0 radical (unpaired) electrons. The number of anilines is 1. The number of methoxy groups -OCH3 is 1. The number of phosphoric ester groups is 1. The second kappa shape index (κ2) is 18.5. The molecule has 4 aromatic rings. The molecule has 2 aliphatic rings. The number of imidazole rings is 1. The molecular weight excluding hydrogens is 791 g/mol. The number of aliphatic hydroxyl groups is 1. The summed E-state index contributed by atoms with van der Waals surface area (Å²) in [5.74, 6) is -3.99. The lowest BCUT2D eigenvalue weighted by Crippen LogP contribution is -2.53. The topological polar surface area (TPSA) is 242 Å². The van der Waals surface area contributed by atoms with Gasteiger partial charge in [-0.05, 0) is 49.7 Å². The van der Waals surface area contributed by atoms with Crippen molar-refractivity contribution >= 4 is 54.1 Å². The highest BCUT2D eigenvalue weighted by Crippen LogP contribution is 2.57. The predicted octanol–water partition coefficient (Wildman–Crippen LogP) is 4.89. The van der Waals surface area contributed by atoms with Crippen molar-refractivity contribution in [1.29, 1.82) is 5.26 Å². The van der Waals surface area contributed by atoms with E-state index in [4.69, 9.17) is 48.9 Å². The lowest BCUT2D eigenvalue weighted by Gasteiger charge is -2.35. The number of benzene rings is 2. The number of hydrogen-bond acceptors (Lipinski definition) is 17. The van der Waals surface area contributed by atoms with Crippen molar-refractivity contribution in [3.8, 4) is 17.6 Å². The fraction of sp³-hybridized carbons (Fsp3) is 0.417. The molecule has 6 rings (SSSR count). The minimum Gasteiger partial charge on any atom is -0.497 e. The first-order valence-corrected chi connectivity index (χ1v) is 19.5. The van der Waals surface area contributed by atoms with Crippen LogP contribution in [-0.4, -0.2) is 93.5 Å². The van der Waals surface area contributed by atoms with Gasteiger partial charge in [0.2, 0.25) is 5.79 Å². The number of ketones is 1. The van der Waals surface area contributed by atoms with Gasteiger partial charge in [0.25, 0.3) is 5.91 Å². The number of ether oxygens (including phenoxy) is 5. The van der Waals surface area contributed by atoms with Crippen LogP contribution in [0.2, 0.25) is 5.02 Å². The van der Waals surface area contributed by atoms with Crippen LogP contribution >= 0.6 is 19.4 Å². The first-order valence-electron chi connectivity index (χ1n) is 17.6. The van der Waals surface area contributed by atoms with Crippen LogP contribution in [0.1, 0.15) is 55.6 Å². The van der Waals surface area contributed by atoms with Gasteiger partial charge in [0, 0.05) is 25.0 Å². The van der Waals surface area contributed by atoms with E-state index in [1.807, 2.05) is 6.07 Å². The molecule has 6 atom stereocenters. The number of phosphoric acid groups is 1. The number of Topliss-reactive ketones (excluding diaryl/α,β-unsaturated/α-hetero) is 1. The Morgan fingerprint density at radius 3 is 2.63 bits per heavy atom. The van der Waals surface area contributed by atoms with Crippen LogP contribution in [0.4, 0.5) is 5.82 Å². The maximum atomic E-state index is 14.6. The SMILES string of the molecule is COc1ccc(C(=O)Nc2ncnc3c2ncn3[C@@H]2O[C@H](COC(=O)CCC(C)=O)[C@@](O)(OP(=O)(OCCC#N)Oc3ccccc3Cl)[C@H]2OC2CCCO2)cc1. The van der Waals surface area contributed by atoms with Crippen molar-refractivity contribution in [2.75, 3.05) is 32.2 Å². The van der Waals surface area contributed by atoms with Crippen molar-refractivity contribution in [2.45, 2.75) is 69.5 Å². The number of hydrogen-bond donors (Lipinski definition) is 2. The monoisotopic (exact) mass is 828 g/mol. The van der Waals surface area contributed by atoms with Gasteiger partial charge >= 0.3 is 13.8 Å². The second-order valence-corrected chi connectivity index (χ2v) is 14.6. The molecule has 302 valence electrons. The first kappa shape index (κ1) is 41.6. The molecule has 2 unspecified atom stereocenters. The van der Waals surface area contributed by atoms with Crippen LogP contribution < -0.4 is 14.6 Å². The molecule has 2 N–H and O–H groups in total. The van der Waals surface area contributed by atoms with E-state index in [1.165, 1.54) is 49.5 Å². The van der Waals surface area contributed by atoms with Crippen LogP contribution in [-0.2, 0) is 42.1 Å². The van der Waals surface area contributed by atoms with Crippen LogP contribution in [0, 0.1) is 11.3 Å². The molecule has 0 aliphatic carbocycles. The van der Waals surface area contributed by atoms with E-state index < -0.39 is 63.4 Å². The number of fused-ring (bicyclic) bond motifs is 1. The third-order valence-corrected chi connectivity index (χ3v) is 10.4. The molecule has 19 nitrogen and oxygen atoms in total. The van der Waals surface area contributed by atoms with Crippen molar-refractivity contribution in [1.82, 2.24) is 19.5 Å². The number of carbonyl (C=O) groups is 3. The molecule has 2 saturated heterocycles. The molecule has 0 spiro atoms. The van der Waals surface area contributed by atoms with E-state index in [-0.39, 0.29) is 52.8 Å². The summed E-state index contributed by atoms with van der Waals surface area (Å²) in [6, 6.07) is 14.2. The van der Waals surface area contributed by atoms with E-state index >= 15 is 0 Å². The highest BCUT2D eigenvalue weighted by atomic mass is 35.5. The van der Waals surface area contributed by atoms with Gasteiger partial charge in [-0.3, -0.25) is 18.7 Å². The average Bonchev–Trinajstić information content (AvgIpc) is 3.93. The van der Waals surface area contributed by atoms with Gasteiger partial charge < -0.3 is 43.4 Å². The number of amides is 1. The Morgan fingerprint density at radius 2 is 1.93 bits per heavy atom. The Bertz CT molecular complexity index is 2160. The predicted molar refractivity (Wildman–Crippen MR) is 197 cm³/mol. The van der Waals surface area contributed by atoms with Crippen molar-refractivity contribution in [2.24, 2.45) is 0 Å². The molecule has 2 fully saturated rings. The Kier molecular flexibility index (Phi) is 13.5. The number of esters is 1. The lowest BCUT2D eigenvalue weighted by atomic mass is 10.1. The second-order valence-electron chi connectivity index (χ2n) is 12.7. The number of nitrogens with one attached hydrogen (secondary N) is 1. The van der Waals surface area contributed by atoms with E-state index in [9.17, 15) is 29.3 Å². The number of nitriles is 1. The Balaban J connectivity index is 1.39. The number of para-hydroxylation sites is 1. The van der Waals surface area contributed by atoms with E-state index in [2.05, 4.69) is 20.3 Å². The zero-order chi connectivity index (χ0) is 40.6. The number of carbonyl (C=O) groups excluding carboxylic acids is 3. The molecule has 0 saturated carbocycles. The molecule has 2 aliphatic heterocycles. The summed E-state index contributed by atoms with van der Waals surface area (Å²) in [7, 11) is -3.49. The van der Waals surface area contributed by atoms with Gasteiger partial charge in [-0.25, -0.2) is 24.0 Å². The number of nitrogens with zero attached hydrogens (tertiary/aromatic N) is 5. The minimum atomic E-state index is -4.99. The maximum absolute atomic E-state index is 14.6. The van der Waals surface area contributed by atoms with Crippen molar-refractivity contribution in [3.05, 3.63) is 71.8 Å². The summed E-state index contributed by atoms with van der Waals surface area (Å²) in [5.41, 5.74) is 0.493. The van der Waals surface area contributed by atoms with Gasteiger partial charge in [0.05, 0.1) is 44.0 Å². The molecule has 0 bridgehead atoms. The Labute approximate surface area is 330 Å². The quantitative estimate of drug-likeness (QED) is 0.0587. The summed E-state index contributed by atoms with van der Waals surface area (Å²) >= 11 is 6.31. The maximum Gasteiger partial charge on any atom is 0.532 e. The smallest absolute Gasteiger partial charge is 0.497 e. The van der Waals surface area contributed by atoms with Crippen molar-refractivity contribution in [3.63, 3.8) is 0 Å². The molecule has 2 aromatic heterocycles. The summed E-state index contributed by atoms with van der Waals surface area (Å²) < 4.78 is 62.1. The fourth-order valence-electron chi connectivity index (χ4n) is 5.85. The van der Waals surface area contributed by atoms with Crippen molar-refractivity contribution < 1.29 is 61.3 Å². The third kappa shape index (κ3) is 9.93. The van der Waals surface area contributed by atoms with Gasteiger partial charge in [-0.2, -0.15) is 5.26 Å². The van der Waals surface area contributed by atoms with Gasteiger partial charge in [0.15, 0.2) is 41.7 Å². The highest BCUT2D eigenvalue weighted by Gasteiger charge is 2.64. The van der Waals surface area contributed by atoms with Crippen LogP contribution in [0.5, 0.6) is 11.5 Å². The van der Waals surface area contributed by atoms with E-state index in [0.29, 0.717) is 30.8 Å². The van der Waals surface area contributed by atoms with E-state index in [0.717, 1.165) is 0 Å². The standard InChI is InChI=1S/C36H38ClN6O13P/c1-22(44)10-15-28(45)51-19-27-36(47,56-57(48,52-18-6-16-38)55-26-8-4-3-7-25(26)37)31(54-29-9-5-17-50-29)35(53-27)43-21-41-30-32(39-20-40-33(30)43)42-34(46)23-11-13-24(49-2)14-12-23/h3-4,7-8,11-14,20-21,27,29,31,35,47H,5-6,9-10,15,17-19H2,1-2H3,(H,39,40,42,46)/t27-,29?,31+,35-,36-,57?/m1/s1. The Morgan fingerprint density at radius 1 is 1.14 bits per heavy atom. The normalized spacial score (nSPS) is 22.7. The number of aromatic nitrogens is 4. The van der Waals surface area contributed by atoms with Gasteiger partial charge in [-0.15, -0.1) is 0 Å². The molecule has 2 aromatic carbocycles. The summed E-state index contributed by atoms with van der Waals surface area (Å²) in [6.07, 6.45) is -2.97. The summed E-state index contributed by atoms with van der Waals surface area (Å²) in [6.45, 7) is 0.456. The van der Waals surface area contributed by atoms with Gasteiger partial charge in [0.1, 0.15) is 30.2 Å².